The number of rotatable bonds is 1. The van der Waals surface area contributed by atoms with Crippen LogP contribution in [0.15, 0.2) is 24.4 Å². The normalized spacial score (nSPS) is 10.0. The molecule has 0 amide bonds. The summed E-state index contributed by atoms with van der Waals surface area (Å²) in [6, 6.07) is 5.83. The summed E-state index contributed by atoms with van der Waals surface area (Å²) in [6.07, 6.45) is 2.77. The van der Waals surface area contributed by atoms with Crippen LogP contribution in [0.2, 0.25) is 5.02 Å². The molecule has 2 rings (SSSR count). The van der Waals surface area contributed by atoms with Gasteiger partial charge in [-0.1, -0.05) is 17.2 Å². The number of halogens is 1. The monoisotopic (exact) mass is 237 g/mol. The first-order chi connectivity index (χ1) is 5.81. The molecule has 1 aromatic heterocycles. The van der Waals surface area contributed by atoms with Crippen LogP contribution in [0.3, 0.4) is 0 Å². The third-order valence-corrected chi connectivity index (χ3v) is 2.23. The molecule has 1 nitrogen and oxygen atoms in total. The molecule has 1 radical (unpaired) electrons. The smallest absolute Gasteiger partial charge is 0.0456 e. The zero-order chi connectivity index (χ0) is 8.55. The van der Waals surface area contributed by atoms with Crippen molar-refractivity contribution in [2.24, 2.45) is 0 Å². The number of aromatic nitrogens is 1. The van der Waals surface area contributed by atoms with Gasteiger partial charge in [0.05, 0.1) is 0 Å². The van der Waals surface area contributed by atoms with Gasteiger partial charge in [0.2, 0.25) is 0 Å². The first-order valence-electron chi connectivity index (χ1n) is 3.86. The molecule has 1 heterocycles. The number of hydrogen-bond donors (Lipinski definition) is 1. The van der Waals surface area contributed by atoms with Gasteiger partial charge >= 0.3 is 0 Å². The predicted octanol–water partition coefficient (Wildman–Crippen LogP) is 3.20. The first-order valence-corrected chi connectivity index (χ1v) is 4.24. The molecule has 13 heavy (non-hydrogen) atoms. The summed E-state index contributed by atoms with van der Waals surface area (Å²) in [5, 5.41) is 1.95. The first kappa shape index (κ1) is 10.6. The van der Waals surface area contributed by atoms with Crippen LogP contribution in [0, 0.1) is 6.92 Å². The molecule has 0 aliphatic rings. The van der Waals surface area contributed by atoms with E-state index in [1.165, 1.54) is 10.9 Å². The molecule has 0 saturated carbocycles. The van der Waals surface area contributed by atoms with E-state index in [0.717, 1.165) is 17.0 Å². The van der Waals surface area contributed by atoms with Gasteiger partial charge in [-0.2, -0.15) is 6.42 Å². The Morgan fingerprint density at radius 2 is 2.15 bits per heavy atom. The van der Waals surface area contributed by atoms with Crippen molar-refractivity contribution in [3.63, 3.8) is 0 Å². The molecule has 0 unspecified atom stereocenters. The van der Waals surface area contributed by atoms with Crippen LogP contribution in [-0.2, 0) is 23.2 Å². The molecule has 0 aliphatic heterocycles. The van der Waals surface area contributed by atoms with Crippen LogP contribution in [0.1, 0.15) is 5.56 Å². The van der Waals surface area contributed by atoms with Gasteiger partial charge in [0.15, 0.2) is 0 Å². The van der Waals surface area contributed by atoms with Crippen molar-refractivity contribution in [3.8, 4) is 0 Å². The van der Waals surface area contributed by atoms with Crippen LogP contribution in [-0.4, -0.2) is 4.98 Å². The number of hydrogen-bond acceptors (Lipinski definition) is 0. The molecular weight excluding hydrogens is 229 g/mol. The summed E-state index contributed by atoms with van der Waals surface area (Å²) in [5.74, 6) is 0. The largest absolute Gasteiger partial charge is 0.361 e. The molecule has 0 spiro atoms. The quantitative estimate of drug-likeness (QED) is 0.733. The van der Waals surface area contributed by atoms with Gasteiger partial charge in [-0.3, -0.25) is 0 Å². The Bertz CT molecular complexity index is 408. The molecule has 0 bridgehead atoms. The van der Waals surface area contributed by atoms with E-state index in [-0.39, 0.29) is 16.8 Å². The topological polar surface area (TPSA) is 15.8 Å². The van der Waals surface area contributed by atoms with Gasteiger partial charge < -0.3 is 11.9 Å². The second-order valence-electron chi connectivity index (χ2n) is 2.75. The van der Waals surface area contributed by atoms with E-state index in [2.05, 4.69) is 11.9 Å². The molecule has 1 aromatic carbocycles. The van der Waals surface area contributed by atoms with E-state index in [1.54, 1.807) is 0 Å². The Hall–Kier alpha value is -0.444. The van der Waals surface area contributed by atoms with Crippen LogP contribution < -0.4 is 0 Å². The Kier molecular flexibility index (Phi) is 3.42. The summed E-state index contributed by atoms with van der Waals surface area (Å²) >= 11 is 5.87. The summed E-state index contributed by atoms with van der Waals surface area (Å²) in [5.41, 5.74) is 2.34. The van der Waals surface area contributed by atoms with Gasteiger partial charge in [0.1, 0.15) is 0 Å². The number of fused-ring (bicyclic) bond motifs is 1. The van der Waals surface area contributed by atoms with Gasteiger partial charge in [-0.05, 0) is 18.2 Å². The van der Waals surface area contributed by atoms with Crippen LogP contribution in [0.5, 0.6) is 0 Å². The third-order valence-electron chi connectivity index (χ3n) is 2.00. The molecular formula is C10H9ClCoN-. The maximum Gasteiger partial charge on any atom is 0.0456 e. The zero-order valence-electron chi connectivity index (χ0n) is 6.93. The molecule has 0 saturated heterocycles. The Morgan fingerprint density at radius 3 is 2.85 bits per heavy atom. The summed E-state index contributed by atoms with van der Waals surface area (Å²) in [7, 11) is 0. The molecule has 0 fully saturated rings. The maximum atomic E-state index is 5.87. The van der Waals surface area contributed by atoms with Gasteiger partial charge in [0.25, 0.3) is 0 Å². The number of aromatic amines is 1. The van der Waals surface area contributed by atoms with E-state index in [4.69, 9.17) is 11.6 Å². The van der Waals surface area contributed by atoms with Crippen molar-refractivity contribution < 1.29 is 16.8 Å². The summed E-state index contributed by atoms with van der Waals surface area (Å²) in [6.45, 7) is 3.84. The molecule has 0 atom stereocenters. The number of benzene rings is 1. The van der Waals surface area contributed by atoms with E-state index in [0.29, 0.717) is 0 Å². The Balaban J connectivity index is 0.000000845. The Morgan fingerprint density at radius 1 is 1.38 bits per heavy atom. The van der Waals surface area contributed by atoms with Gasteiger partial charge in [0, 0.05) is 38.9 Å². The van der Waals surface area contributed by atoms with E-state index >= 15 is 0 Å². The van der Waals surface area contributed by atoms with E-state index < -0.39 is 0 Å². The minimum absolute atomic E-state index is 0. The minimum Gasteiger partial charge on any atom is -0.361 e. The number of nitrogens with one attached hydrogen (secondary N) is 1. The van der Waals surface area contributed by atoms with E-state index in [9.17, 15) is 0 Å². The summed E-state index contributed by atoms with van der Waals surface area (Å²) < 4.78 is 0. The molecule has 0 aliphatic carbocycles. The van der Waals surface area contributed by atoms with Crippen LogP contribution >= 0.6 is 11.6 Å². The van der Waals surface area contributed by atoms with Crippen molar-refractivity contribution in [2.45, 2.75) is 6.42 Å². The second-order valence-corrected chi connectivity index (χ2v) is 3.19. The van der Waals surface area contributed by atoms with Crippen molar-refractivity contribution in [1.82, 2.24) is 4.98 Å². The second kappa shape index (κ2) is 4.18. The fourth-order valence-electron chi connectivity index (χ4n) is 1.36. The SMILES string of the molecule is [CH2-]Cc1c[nH]c2ccc(Cl)cc12.[Co]. The summed E-state index contributed by atoms with van der Waals surface area (Å²) in [4.78, 5) is 3.17. The van der Waals surface area contributed by atoms with E-state index in [1.807, 2.05) is 24.4 Å². The third kappa shape index (κ3) is 1.90. The average molecular weight is 238 g/mol. The average Bonchev–Trinajstić information content (AvgIpc) is 2.46. The predicted molar refractivity (Wildman–Crippen MR) is 52.4 cm³/mol. The van der Waals surface area contributed by atoms with Crippen molar-refractivity contribution in [3.05, 3.63) is 41.9 Å². The Labute approximate surface area is 92.7 Å². The zero-order valence-corrected chi connectivity index (χ0v) is 8.73. The van der Waals surface area contributed by atoms with Gasteiger partial charge in [-0.15, -0.1) is 0 Å². The number of H-pyrrole nitrogens is 1. The molecule has 3 heteroatoms. The minimum atomic E-state index is 0. The van der Waals surface area contributed by atoms with Crippen molar-refractivity contribution in [1.29, 1.82) is 0 Å². The fraction of sp³-hybridized carbons (Fsp3) is 0.100. The molecule has 2 aromatic rings. The van der Waals surface area contributed by atoms with Crippen molar-refractivity contribution in [2.75, 3.05) is 0 Å². The molecule has 71 valence electrons. The van der Waals surface area contributed by atoms with Crippen LogP contribution in [0.25, 0.3) is 10.9 Å². The van der Waals surface area contributed by atoms with Crippen molar-refractivity contribution >= 4 is 22.5 Å². The van der Waals surface area contributed by atoms with Crippen LogP contribution in [0.4, 0.5) is 0 Å². The fourth-order valence-corrected chi connectivity index (χ4v) is 1.53. The van der Waals surface area contributed by atoms with Gasteiger partial charge in [-0.25, -0.2) is 0 Å². The standard InChI is InChI=1S/C10H9ClN.Co/c1-2-7-6-12-10-4-3-8(11)5-9(7)10;/h3-6,12H,1-2H2;/q-1;. The maximum absolute atomic E-state index is 5.87. The molecule has 1 N–H and O–H groups in total.